The third-order valence-electron chi connectivity index (χ3n) is 4.40. The van der Waals surface area contributed by atoms with Crippen LogP contribution in [0, 0.1) is 11.3 Å². The Kier molecular flexibility index (Phi) is 5.01. The molecule has 1 aliphatic heterocycles. The van der Waals surface area contributed by atoms with Crippen LogP contribution in [0.2, 0.25) is 0 Å². The van der Waals surface area contributed by atoms with Gasteiger partial charge in [0.2, 0.25) is 0 Å². The first-order valence-corrected chi connectivity index (χ1v) is 7.21. The highest BCUT2D eigenvalue weighted by molar-refractivity contribution is 5.10. The maximum atomic E-state index is 8.60. The molecule has 0 radical (unpaired) electrons. The first-order valence-electron chi connectivity index (χ1n) is 7.21. The molecule has 0 amide bonds. The standard InChI is InChI=1S/C14H27NO3/c1-14(2)12(11-5-3-9-18-13(11)14)15-6-4-8-17-10-7-16/h11-13,15-16H,3-10H2,1-2H3. The van der Waals surface area contributed by atoms with Gasteiger partial charge in [0.1, 0.15) is 0 Å². The molecule has 0 aromatic rings. The molecule has 1 saturated carbocycles. The molecule has 4 nitrogen and oxygen atoms in total. The average molecular weight is 257 g/mol. The third-order valence-corrected chi connectivity index (χ3v) is 4.40. The van der Waals surface area contributed by atoms with E-state index in [1.165, 1.54) is 12.8 Å². The molecule has 18 heavy (non-hydrogen) atoms. The molecule has 4 heteroatoms. The molecule has 3 atom stereocenters. The number of nitrogens with one attached hydrogen (secondary N) is 1. The molecule has 0 bridgehead atoms. The second kappa shape index (κ2) is 6.33. The predicted octanol–water partition coefficient (Wildman–Crippen LogP) is 1.18. The molecule has 1 saturated heterocycles. The van der Waals surface area contributed by atoms with Crippen LogP contribution in [-0.4, -0.2) is 50.2 Å². The summed E-state index contributed by atoms with van der Waals surface area (Å²) < 4.78 is 11.1. The van der Waals surface area contributed by atoms with Crippen LogP contribution in [0.3, 0.4) is 0 Å². The summed E-state index contributed by atoms with van der Waals surface area (Å²) in [6, 6.07) is 0.584. The van der Waals surface area contributed by atoms with Gasteiger partial charge in [-0.25, -0.2) is 0 Å². The molecule has 0 spiro atoms. The van der Waals surface area contributed by atoms with Crippen molar-refractivity contribution in [1.82, 2.24) is 5.32 Å². The molecule has 0 aromatic carbocycles. The van der Waals surface area contributed by atoms with Gasteiger partial charge < -0.3 is 19.9 Å². The SMILES string of the molecule is CC1(C)C(NCCCOCCO)C2CCCOC21. The quantitative estimate of drug-likeness (QED) is 0.672. The van der Waals surface area contributed by atoms with Crippen LogP contribution >= 0.6 is 0 Å². The second-order valence-corrected chi connectivity index (χ2v) is 6.04. The van der Waals surface area contributed by atoms with Gasteiger partial charge in [0.25, 0.3) is 0 Å². The highest BCUT2D eigenvalue weighted by atomic mass is 16.5. The molecule has 1 heterocycles. The summed E-state index contributed by atoms with van der Waals surface area (Å²) in [7, 11) is 0. The van der Waals surface area contributed by atoms with Crippen molar-refractivity contribution in [1.29, 1.82) is 0 Å². The maximum absolute atomic E-state index is 8.60. The highest BCUT2D eigenvalue weighted by Crippen LogP contribution is 2.51. The minimum Gasteiger partial charge on any atom is -0.394 e. The smallest absolute Gasteiger partial charge is 0.0697 e. The van der Waals surface area contributed by atoms with Gasteiger partial charge in [-0.05, 0) is 25.8 Å². The fourth-order valence-corrected chi connectivity index (χ4v) is 3.54. The van der Waals surface area contributed by atoms with E-state index in [2.05, 4.69) is 19.2 Å². The molecule has 3 unspecified atom stereocenters. The zero-order valence-electron chi connectivity index (χ0n) is 11.7. The van der Waals surface area contributed by atoms with Crippen molar-refractivity contribution < 1.29 is 14.6 Å². The Balaban J connectivity index is 1.66. The number of fused-ring (bicyclic) bond motifs is 1. The summed E-state index contributed by atoms with van der Waals surface area (Å²) in [5.41, 5.74) is 0.261. The molecule has 2 rings (SSSR count). The van der Waals surface area contributed by atoms with E-state index in [9.17, 15) is 0 Å². The van der Waals surface area contributed by atoms with Crippen LogP contribution in [-0.2, 0) is 9.47 Å². The van der Waals surface area contributed by atoms with Gasteiger partial charge in [0, 0.05) is 30.6 Å². The van der Waals surface area contributed by atoms with Crippen LogP contribution in [0.25, 0.3) is 0 Å². The molecular weight excluding hydrogens is 230 g/mol. The van der Waals surface area contributed by atoms with Gasteiger partial charge in [-0.3, -0.25) is 0 Å². The lowest BCUT2D eigenvalue weighted by Gasteiger charge is -2.60. The molecular formula is C14H27NO3. The Morgan fingerprint density at radius 3 is 3.00 bits per heavy atom. The monoisotopic (exact) mass is 257 g/mol. The molecule has 1 aliphatic carbocycles. The first kappa shape index (κ1) is 14.3. The molecule has 2 fully saturated rings. The minimum absolute atomic E-state index is 0.115. The summed E-state index contributed by atoms with van der Waals surface area (Å²) in [4.78, 5) is 0. The van der Waals surface area contributed by atoms with Gasteiger partial charge >= 0.3 is 0 Å². The summed E-state index contributed by atoms with van der Waals surface area (Å²) in [5, 5.41) is 12.3. The van der Waals surface area contributed by atoms with Crippen LogP contribution < -0.4 is 5.32 Å². The Bertz CT molecular complexity index is 257. The number of aliphatic hydroxyl groups excluding tert-OH is 1. The number of ether oxygens (including phenoxy) is 2. The topological polar surface area (TPSA) is 50.7 Å². The van der Waals surface area contributed by atoms with Crippen molar-refractivity contribution in [3.8, 4) is 0 Å². The van der Waals surface area contributed by atoms with E-state index >= 15 is 0 Å². The van der Waals surface area contributed by atoms with Gasteiger partial charge in [0.05, 0.1) is 19.3 Å². The van der Waals surface area contributed by atoms with E-state index in [1.807, 2.05) is 0 Å². The third kappa shape index (κ3) is 2.87. The van der Waals surface area contributed by atoms with Crippen LogP contribution in [0.1, 0.15) is 33.1 Å². The second-order valence-electron chi connectivity index (χ2n) is 6.04. The lowest BCUT2D eigenvalue weighted by atomic mass is 9.55. The lowest BCUT2D eigenvalue weighted by Crippen LogP contribution is -2.69. The Labute approximate surface area is 110 Å². The Morgan fingerprint density at radius 2 is 2.22 bits per heavy atom. The van der Waals surface area contributed by atoms with Crippen molar-refractivity contribution in [3.05, 3.63) is 0 Å². The van der Waals surface area contributed by atoms with Gasteiger partial charge in [-0.1, -0.05) is 13.8 Å². The number of aliphatic hydroxyl groups is 1. The van der Waals surface area contributed by atoms with Gasteiger partial charge in [-0.15, -0.1) is 0 Å². The van der Waals surface area contributed by atoms with Crippen LogP contribution in [0.15, 0.2) is 0 Å². The van der Waals surface area contributed by atoms with Crippen molar-refractivity contribution in [2.24, 2.45) is 11.3 Å². The number of rotatable bonds is 7. The summed E-state index contributed by atoms with van der Waals surface area (Å²) in [5.74, 6) is 0.701. The fraction of sp³-hybridized carbons (Fsp3) is 1.00. The van der Waals surface area contributed by atoms with Crippen LogP contribution in [0.4, 0.5) is 0 Å². The zero-order chi connectivity index (χ0) is 13.0. The highest BCUT2D eigenvalue weighted by Gasteiger charge is 2.57. The maximum Gasteiger partial charge on any atom is 0.0697 e. The molecule has 2 aliphatic rings. The first-order chi connectivity index (χ1) is 8.68. The average Bonchev–Trinajstić information content (AvgIpc) is 2.37. The van der Waals surface area contributed by atoms with E-state index in [-0.39, 0.29) is 12.0 Å². The summed E-state index contributed by atoms with van der Waals surface area (Å²) in [6.07, 6.45) is 3.96. The number of hydrogen-bond donors (Lipinski definition) is 2. The van der Waals surface area contributed by atoms with E-state index in [0.29, 0.717) is 24.7 Å². The van der Waals surface area contributed by atoms with Crippen molar-refractivity contribution in [2.45, 2.75) is 45.3 Å². The largest absolute Gasteiger partial charge is 0.394 e. The Hall–Kier alpha value is -0.160. The fourth-order valence-electron chi connectivity index (χ4n) is 3.54. The molecule has 0 aromatic heterocycles. The summed E-state index contributed by atoms with van der Waals surface area (Å²) >= 11 is 0. The van der Waals surface area contributed by atoms with Gasteiger partial charge in [-0.2, -0.15) is 0 Å². The van der Waals surface area contributed by atoms with E-state index < -0.39 is 0 Å². The normalized spacial score (nSPS) is 33.8. The predicted molar refractivity (Wildman–Crippen MR) is 70.6 cm³/mol. The minimum atomic E-state index is 0.115. The van der Waals surface area contributed by atoms with Crippen LogP contribution in [0.5, 0.6) is 0 Å². The van der Waals surface area contributed by atoms with Crippen molar-refractivity contribution >= 4 is 0 Å². The van der Waals surface area contributed by atoms with Crippen molar-refractivity contribution in [2.75, 3.05) is 33.0 Å². The lowest BCUT2D eigenvalue weighted by molar-refractivity contribution is -0.192. The van der Waals surface area contributed by atoms with Crippen molar-refractivity contribution in [3.63, 3.8) is 0 Å². The van der Waals surface area contributed by atoms with E-state index in [4.69, 9.17) is 14.6 Å². The molecule has 106 valence electrons. The van der Waals surface area contributed by atoms with E-state index in [0.717, 1.165) is 26.2 Å². The van der Waals surface area contributed by atoms with E-state index in [1.54, 1.807) is 0 Å². The molecule has 2 N–H and O–H groups in total. The number of hydrogen-bond acceptors (Lipinski definition) is 4. The Morgan fingerprint density at radius 1 is 1.39 bits per heavy atom. The van der Waals surface area contributed by atoms with Gasteiger partial charge in [0.15, 0.2) is 0 Å². The zero-order valence-corrected chi connectivity index (χ0v) is 11.7. The summed E-state index contributed by atoms with van der Waals surface area (Å²) in [6.45, 7) is 7.83.